The van der Waals surface area contributed by atoms with Gasteiger partial charge in [0, 0.05) is 37.3 Å². The van der Waals surface area contributed by atoms with Gasteiger partial charge in [0.2, 0.25) is 0 Å². The lowest BCUT2D eigenvalue weighted by molar-refractivity contribution is -0.194. The number of unbranched alkanes of at least 4 members (excludes halogenated alkanes) is 8. The zero-order valence-electron chi connectivity index (χ0n) is 39.7. The Hall–Kier alpha value is -2.88. The number of anilines is 1. The van der Waals surface area contributed by atoms with Gasteiger partial charge in [-0.3, -0.25) is 23.2 Å². The number of fused-ring (bicyclic) bond motifs is 3. The molecule has 3 heterocycles. The van der Waals surface area contributed by atoms with Crippen molar-refractivity contribution in [3.8, 4) is 0 Å². The fourth-order valence-electron chi connectivity index (χ4n) is 7.89. The van der Waals surface area contributed by atoms with Crippen molar-refractivity contribution in [2.45, 2.75) is 185 Å². The van der Waals surface area contributed by atoms with E-state index in [0.29, 0.717) is 31.6 Å². The van der Waals surface area contributed by atoms with Crippen molar-refractivity contribution in [1.29, 1.82) is 0 Å². The Labute approximate surface area is 399 Å². The van der Waals surface area contributed by atoms with Gasteiger partial charge in [-0.2, -0.15) is 9.29 Å². The Morgan fingerprint density at radius 1 is 0.912 bits per heavy atom. The van der Waals surface area contributed by atoms with Gasteiger partial charge in [-0.25, -0.2) is 13.9 Å². The number of nitrogen functional groups attached to an aromatic ring is 1. The molecule has 2 aliphatic heterocycles. The third-order valence-electron chi connectivity index (χ3n) is 11.8. The fraction of sp³-hybridized carbons (Fsp3) is 0.778. The number of aliphatic hydroxyl groups is 5. The predicted octanol–water partition coefficient (Wildman–Crippen LogP) is 5.29. The first-order valence-electron chi connectivity index (χ1n) is 24.0. The van der Waals surface area contributed by atoms with Gasteiger partial charge < -0.3 is 55.3 Å². The van der Waals surface area contributed by atoms with Crippen molar-refractivity contribution < 1.29 is 81.6 Å². The molecule has 2 bridgehead atoms. The van der Waals surface area contributed by atoms with Gasteiger partial charge in [-0.05, 0) is 44.1 Å². The van der Waals surface area contributed by atoms with Crippen LogP contribution < -0.4 is 11.4 Å². The number of cyclic esters (lactones) is 1. The van der Waals surface area contributed by atoms with Crippen molar-refractivity contribution in [3.05, 3.63) is 47.1 Å². The summed E-state index contributed by atoms with van der Waals surface area (Å²) in [6, 6.07) is 1.24. The first-order chi connectivity index (χ1) is 32.2. The first kappa shape index (κ1) is 59.4. The second-order valence-electron chi connectivity index (χ2n) is 18.1. The number of allylic oxidation sites excluding steroid dienone is 2. The van der Waals surface area contributed by atoms with E-state index in [9.17, 15) is 58.8 Å². The van der Waals surface area contributed by atoms with Crippen molar-refractivity contribution in [1.82, 2.24) is 9.55 Å². The maximum atomic E-state index is 13.3. The van der Waals surface area contributed by atoms with Crippen LogP contribution in [0.25, 0.3) is 0 Å². The molecule has 0 radical (unpaired) electrons. The second kappa shape index (κ2) is 30.8. The molecule has 1 saturated heterocycles. The summed E-state index contributed by atoms with van der Waals surface area (Å²) in [5.41, 5.74) is 4.77. The summed E-state index contributed by atoms with van der Waals surface area (Å²) in [6.07, 6.45) is 4.34. The molecule has 9 N–H and O–H groups in total. The van der Waals surface area contributed by atoms with E-state index in [4.69, 9.17) is 29.0 Å². The number of carbonyl (C=O) groups is 2. The Kier molecular flexibility index (Phi) is 26.9. The molecule has 0 amide bonds. The summed E-state index contributed by atoms with van der Waals surface area (Å²) < 4.78 is 58.9. The Morgan fingerprint density at radius 3 is 2.25 bits per heavy atom. The molecule has 0 aromatic carbocycles. The molecule has 12 atom stereocenters. The number of phosphoric acid groups is 2. The number of nitrogens with two attached hydrogens (primary N) is 1. The number of phosphoric ester groups is 2. The van der Waals surface area contributed by atoms with E-state index < -0.39 is 120 Å². The zero-order chi connectivity index (χ0) is 50.3. The van der Waals surface area contributed by atoms with Gasteiger partial charge >= 0.3 is 33.3 Å². The van der Waals surface area contributed by atoms with E-state index in [0.717, 1.165) is 49.5 Å². The predicted molar refractivity (Wildman–Crippen MR) is 249 cm³/mol. The smallest absolute Gasteiger partial charge is 0.462 e. The van der Waals surface area contributed by atoms with Crippen LogP contribution in [-0.4, -0.2) is 119 Å². The summed E-state index contributed by atoms with van der Waals surface area (Å²) in [5.74, 6) is -3.49. The number of hydrogen-bond donors (Lipinski definition) is 8. The molecule has 68 heavy (non-hydrogen) atoms. The van der Waals surface area contributed by atoms with Gasteiger partial charge in [0.15, 0.2) is 6.10 Å². The summed E-state index contributed by atoms with van der Waals surface area (Å²) >= 11 is 0. The van der Waals surface area contributed by atoms with Crippen LogP contribution in [0.4, 0.5) is 5.82 Å². The minimum atomic E-state index is -5.70. The third kappa shape index (κ3) is 22.5. The van der Waals surface area contributed by atoms with Crippen molar-refractivity contribution >= 4 is 33.4 Å². The van der Waals surface area contributed by atoms with Gasteiger partial charge in [-0.15, -0.1) is 0 Å². The number of esters is 2. The third-order valence-corrected chi connectivity index (χ3v) is 14.4. The molecular formula is C45H77N3O18P2. The van der Waals surface area contributed by atoms with E-state index >= 15 is 0 Å². The maximum absolute atomic E-state index is 13.3. The number of ether oxygens (including phenoxy) is 3. The Morgan fingerprint density at radius 2 is 1.57 bits per heavy atom. The average molecular weight is 1010 g/mol. The summed E-state index contributed by atoms with van der Waals surface area (Å²) in [4.78, 5) is 64.0. The van der Waals surface area contributed by atoms with Crippen LogP contribution in [-0.2, 0) is 46.3 Å². The van der Waals surface area contributed by atoms with Gasteiger partial charge in [0.05, 0.1) is 37.6 Å². The highest BCUT2D eigenvalue weighted by atomic mass is 31.3. The van der Waals surface area contributed by atoms with E-state index in [2.05, 4.69) is 23.1 Å². The average Bonchev–Trinajstić information content (AvgIpc) is 3.25. The van der Waals surface area contributed by atoms with Crippen LogP contribution in [0.3, 0.4) is 0 Å². The SMILES string of the molecule is CCCCC[C@H](O)/C=C/[C@@H]1[C@H](O)[C@H](O)[C@H]2COP(=O)(O)OP(=O)(O)OC[C@H](OC(=O)CCCCCCCCCC(C)C)COC(=O)CCC/C=C\C[C@H]([C@H](n3ccc(N)nc3=O)O2)[C@@H](O)C[C@H]1O. The molecule has 3 rings (SSSR count). The highest BCUT2D eigenvalue weighted by Crippen LogP contribution is 2.60. The van der Waals surface area contributed by atoms with E-state index in [1.54, 1.807) is 12.2 Å². The topological polar surface area (TPSA) is 326 Å². The number of aliphatic hydroxyl groups excluding tert-OH is 5. The largest absolute Gasteiger partial charge is 0.481 e. The lowest BCUT2D eigenvalue weighted by Crippen LogP contribution is -2.52. The molecule has 23 heteroatoms. The van der Waals surface area contributed by atoms with E-state index in [1.165, 1.54) is 37.3 Å². The van der Waals surface area contributed by atoms with Crippen LogP contribution in [0, 0.1) is 17.8 Å². The molecule has 2 aliphatic rings. The molecule has 0 aliphatic carbocycles. The van der Waals surface area contributed by atoms with Gasteiger partial charge in [0.25, 0.3) is 0 Å². The molecule has 0 saturated carbocycles. The van der Waals surface area contributed by atoms with Crippen molar-refractivity contribution in [2.24, 2.45) is 17.8 Å². The minimum absolute atomic E-state index is 0.0000978. The molecular weight excluding hydrogens is 932 g/mol. The lowest BCUT2D eigenvalue weighted by Gasteiger charge is -2.40. The maximum Gasteiger partial charge on any atom is 0.481 e. The van der Waals surface area contributed by atoms with Crippen molar-refractivity contribution in [3.63, 3.8) is 0 Å². The second-order valence-corrected chi connectivity index (χ2v) is 21.1. The Bertz CT molecular complexity index is 1870. The number of rotatable bonds is 18. The van der Waals surface area contributed by atoms with Crippen LogP contribution in [0.2, 0.25) is 0 Å². The molecule has 1 aromatic heterocycles. The number of carbonyl (C=O) groups excluding carboxylic acids is 2. The fourth-order valence-corrected chi connectivity index (χ4v) is 10.00. The summed E-state index contributed by atoms with van der Waals surface area (Å²) in [5, 5.41) is 57.4. The van der Waals surface area contributed by atoms with E-state index in [-0.39, 0.29) is 31.5 Å². The summed E-state index contributed by atoms with van der Waals surface area (Å²) in [6.45, 7) is 3.66. The zero-order valence-corrected chi connectivity index (χ0v) is 41.4. The van der Waals surface area contributed by atoms with Crippen LogP contribution in [0.1, 0.15) is 143 Å². The normalized spacial score (nSPS) is 32.0. The monoisotopic (exact) mass is 1010 g/mol. The number of hydrogen-bond acceptors (Lipinski definition) is 18. The molecule has 2 unspecified atom stereocenters. The summed E-state index contributed by atoms with van der Waals surface area (Å²) in [7, 11) is -11.3. The van der Waals surface area contributed by atoms with Gasteiger partial charge in [-0.1, -0.05) is 109 Å². The molecule has 21 nitrogen and oxygen atoms in total. The van der Waals surface area contributed by atoms with Crippen LogP contribution in [0.15, 0.2) is 41.4 Å². The highest BCUT2D eigenvalue weighted by Gasteiger charge is 2.45. The highest BCUT2D eigenvalue weighted by molar-refractivity contribution is 7.61. The first-order valence-corrected chi connectivity index (χ1v) is 27.0. The van der Waals surface area contributed by atoms with Gasteiger partial charge in [0.1, 0.15) is 30.9 Å². The Balaban J connectivity index is 1.92. The molecule has 1 aromatic rings. The minimum Gasteiger partial charge on any atom is -0.462 e. The number of nitrogens with zero attached hydrogens (tertiary/aromatic N) is 2. The van der Waals surface area contributed by atoms with E-state index in [1.807, 2.05) is 6.92 Å². The molecule has 1 fully saturated rings. The lowest BCUT2D eigenvalue weighted by atomic mass is 9.82. The molecule has 390 valence electrons. The molecule has 0 spiro atoms. The van der Waals surface area contributed by atoms with Crippen LogP contribution in [0.5, 0.6) is 0 Å². The standard InChI is InChI=1S/C45H77N3O18P2/c1-4-5-13-19-32(49)23-24-34-36(50)27-37(51)35-20-15-11-12-16-21-40(52)61-28-33(64-41(53)22-17-10-8-6-7-9-14-18-31(2)3)29-62-67(57,58)66-68(59,60)63-30-38(43(55)42(34)54)65-44(35)48-26-25-39(46)47-45(48)56/h11,15,23-26,31-38,42-44,49-51,54-55H,4-10,12-14,16-22,27-30H2,1-3H3,(H,57,58)(H,59,60)(H2,46,47,56)/b15-11-,24-23+/t32-,33+,34-,35-,36+,37-,38+,42-,43+,44+/m0/s1. The van der Waals surface area contributed by atoms with Crippen molar-refractivity contribution in [2.75, 3.05) is 25.6 Å². The van der Waals surface area contributed by atoms with Crippen LogP contribution >= 0.6 is 15.6 Å². The quantitative estimate of drug-likeness (QED) is 0.0401. The number of aromatic nitrogens is 2.